The molecule has 0 aromatic heterocycles. The summed E-state index contributed by atoms with van der Waals surface area (Å²) in [5.74, 6) is 0.337. The second kappa shape index (κ2) is 10.9. The first-order valence-electron chi connectivity index (χ1n) is 6.89. The summed E-state index contributed by atoms with van der Waals surface area (Å²) in [6.45, 7) is 5.32. The highest BCUT2D eigenvalue weighted by Crippen LogP contribution is 2.07. The van der Waals surface area contributed by atoms with E-state index < -0.39 is 0 Å². The Morgan fingerprint density at radius 3 is 2.39 bits per heavy atom. The number of amides is 1. The van der Waals surface area contributed by atoms with E-state index in [1.54, 1.807) is 4.90 Å². The van der Waals surface area contributed by atoms with Crippen LogP contribution in [-0.2, 0) is 4.79 Å². The van der Waals surface area contributed by atoms with Crippen LogP contribution < -0.4 is 5.73 Å². The Morgan fingerprint density at radius 1 is 1.17 bits per heavy atom. The van der Waals surface area contributed by atoms with Crippen molar-refractivity contribution in [1.29, 1.82) is 0 Å². The SMILES string of the molecule is CCCCCCCC(=O)N(CC)CCC(N)=NO. The first kappa shape index (κ1) is 16.7. The van der Waals surface area contributed by atoms with Gasteiger partial charge in [0.25, 0.3) is 0 Å². The summed E-state index contributed by atoms with van der Waals surface area (Å²) >= 11 is 0. The lowest BCUT2D eigenvalue weighted by atomic mass is 10.1. The topological polar surface area (TPSA) is 78.9 Å². The van der Waals surface area contributed by atoms with Gasteiger partial charge in [-0.3, -0.25) is 4.79 Å². The summed E-state index contributed by atoms with van der Waals surface area (Å²) in [6.07, 6.45) is 6.78. The number of amidine groups is 1. The summed E-state index contributed by atoms with van der Waals surface area (Å²) in [4.78, 5) is 13.7. The molecular formula is C13H27N3O2. The highest BCUT2D eigenvalue weighted by Gasteiger charge is 2.11. The summed E-state index contributed by atoms with van der Waals surface area (Å²) < 4.78 is 0. The van der Waals surface area contributed by atoms with Gasteiger partial charge in [0.1, 0.15) is 5.84 Å². The third-order valence-corrected chi connectivity index (χ3v) is 2.99. The van der Waals surface area contributed by atoms with Crippen LogP contribution in [-0.4, -0.2) is 34.9 Å². The zero-order chi connectivity index (χ0) is 13.8. The third-order valence-electron chi connectivity index (χ3n) is 2.99. The van der Waals surface area contributed by atoms with Crippen molar-refractivity contribution in [2.24, 2.45) is 10.9 Å². The van der Waals surface area contributed by atoms with Crippen molar-refractivity contribution in [2.45, 2.75) is 58.8 Å². The second-order valence-electron chi connectivity index (χ2n) is 4.48. The Morgan fingerprint density at radius 2 is 1.83 bits per heavy atom. The molecule has 5 heteroatoms. The van der Waals surface area contributed by atoms with Crippen LogP contribution in [0.2, 0.25) is 0 Å². The lowest BCUT2D eigenvalue weighted by Crippen LogP contribution is -2.33. The number of hydrogen-bond acceptors (Lipinski definition) is 3. The summed E-state index contributed by atoms with van der Waals surface area (Å²) in [5.41, 5.74) is 5.39. The van der Waals surface area contributed by atoms with Gasteiger partial charge in [0.2, 0.25) is 5.91 Å². The molecule has 0 unspecified atom stereocenters. The van der Waals surface area contributed by atoms with Crippen molar-refractivity contribution in [1.82, 2.24) is 4.90 Å². The molecule has 0 aliphatic carbocycles. The predicted octanol–water partition coefficient (Wildman–Crippen LogP) is 2.33. The minimum absolute atomic E-state index is 0.166. The summed E-state index contributed by atoms with van der Waals surface area (Å²) in [5, 5.41) is 11.3. The molecule has 0 aliphatic rings. The maximum Gasteiger partial charge on any atom is 0.222 e. The van der Waals surface area contributed by atoms with Gasteiger partial charge in [-0.2, -0.15) is 0 Å². The number of carbonyl (C=O) groups excluding carboxylic acids is 1. The van der Waals surface area contributed by atoms with Crippen LogP contribution in [0.15, 0.2) is 5.16 Å². The Kier molecular flexibility index (Phi) is 10.1. The maximum absolute atomic E-state index is 11.9. The van der Waals surface area contributed by atoms with Crippen LogP contribution in [0.1, 0.15) is 58.8 Å². The summed E-state index contributed by atoms with van der Waals surface area (Å²) in [7, 11) is 0. The van der Waals surface area contributed by atoms with Gasteiger partial charge < -0.3 is 15.8 Å². The molecule has 3 N–H and O–H groups in total. The van der Waals surface area contributed by atoms with Crippen LogP contribution in [0, 0.1) is 0 Å². The molecule has 0 saturated heterocycles. The predicted molar refractivity (Wildman–Crippen MR) is 73.7 cm³/mol. The van der Waals surface area contributed by atoms with Crippen LogP contribution in [0.3, 0.4) is 0 Å². The van der Waals surface area contributed by atoms with E-state index in [0.29, 0.717) is 25.9 Å². The molecule has 0 saturated carbocycles. The van der Waals surface area contributed by atoms with Crippen molar-refractivity contribution < 1.29 is 10.0 Å². The Bertz CT molecular complexity index is 255. The molecule has 0 aromatic carbocycles. The van der Waals surface area contributed by atoms with E-state index in [0.717, 1.165) is 12.8 Å². The van der Waals surface area contributed by atoms with Gasteiger partial charge in [-0.1, -0.05) is 37.8 Å². The van der Waals surface area contributed by atoms with Crippen molar-refractivity contribution in [2.75, 3.05) is 13.1 Å². The molecule has 0 heterocycles. The average molecular weight is 257 g/mol. The van der Waals surface area contributed by atoms with Crippen molar-refractivity contribution >= 4 is 11.7 Å². The van der Waals surface area contributed by atoms with Gasteiger partial charge in [-0.15, -0.1) is 0 Å². The highest BCUT2D eigenvalue weighted by molar-refractivity contribution is 5.81. The van der Waals surface area contributed by atoms with E-state index in [2.05, 4.69) is 12.1 Å². The largest absolute Gasteiger partial charge is 0.409 e. The molecule has 0 aromatic rings. The molecule has 0 atom stereocenters. The van der Waals surface area contributed by atoms with Crippen LogP contribution in [0.5, 0.6) is 0 Å². The van der Waals surface area contributed by atoms with E-state index in [9.17, 15) is 4.79 Å². The van der Waals surface area contributed by atoms with Gasteiger partial charge in [-0.25, -0.2) is 0 Å². The van der Waals surface area contributed by atoms with Crippen LogP contribution >= 0.6 is 0 Å². The quantitative estimate of drug-likeness (QED) is 0.207. The molecule has 5 nitrogen and oxygen atoms in total. The summed E-state index contributed by atoms with van der Waals surface area (Å²) in [6, 6.07) is 0. The number of carbonyl (C=O) groups is 1. The van der Waals surface area contributed by atoms with Gasteiger partial charge in [0.05, 0.1) is 0 Å². The van der Waals surface area contributed by atoms with Crippen molar-refractivity contribution in [3.8, 4) is 0 Å². The van der Waals surface area contributed by atoms with Crippen LogP contribution in [0.25, 0.3) is 0 Å². The van der Waals surface area contributed by atoms with E-state index in [1.807, 2.05) is 6.92 Å². The molecule has 0 fully saturated rings. The molecule has 0 aliphatic heterocycles. The number of nitrogens with two attached hydrogens (primary N) is 1. The molecule has 1 amide bonds. The monoisotopic (exact) mass is 257 g/mol. The maximum atomic E-state index is 11.9. The van der Waals surface area contributed by atoms with E-state index in [-0.39, 0.29) is 11.7 Å². The first-order valence-corrected chi connectivity index (χ1v) is 6.89. The lowest BCUT2D eigenvalue weighted by molar-refractivity contribution is -0.131. The van der Waals surface area contributed by atoms with Crippen LogP contribution in [0.4, 0.5) is 0 Å². The standard InChI is InChI=1S/C13H27N3O2/c1-3-5-6-7-8-9-13(17)16(4-2)11-10-12(14)15-18/h18H,3-11H2,1-2H3,(H2,14,15). The average Bonchev–Trinajstić information content (AvgIpc) is 2.38. The molecule has 18 heavy (non-hydrogen) atoms. The minimum Gasteiger partial charge on any atom is -0.409 e. The number of unbranched alkanes of at least 4 members (excludes halogenated alkanes) is 4. The lowest BCUT2D eigenvalue weighted by Gasteiger charge is -2.20. The van der Waals surface area contributed by atoms with Gasteiger partial charge >= 0.3 is 0 Å². The Hall–Kier alpha value is -1.26. The van der Waals surface area contributed by atoms with E-state index in [1.165, 1.54) is 19.3 Å². The molecule has 0 rings (SSSR count). The molecule has 106 valence electrons. The van der Waals surface area contributed by atoms with Crippen molar-refractivity contribution in [3.63, 3.8) is 0 Å². The van der Waals surface area contributed by atoms with E-state index in [4.69, 9.17) is 10.9 Å². The molecular weight excluding hydrogens is 230 g/mol. The zero-order valence-corrected chi connectivity index (χ0v) is 11.7. The normalized spacial score (nSPS) is 11.6. The molecule has 0 radical (unpaired) electrons. The highest BCUT2D eigenvalue weighted by atomic mass is 16.4. The first-order chi connectivity index (χ1) is 8.65. The fourth-order valence-corrected chi connectivity index (χ4v) is 1.80. The molecule has 0 bridgehead atoms. The number of oxime groups is 1. The van der Waals surface area contributed by atoms with Gasteiger partial charge in [-0.05, 0) is 13.3 Å². The fourth-order valence-electron chi connectivity index (χ4n) is 1.80. The number of rotatable bonds is 10. The number of nitrogens with zero attached hydrogens (tertiary/aromatic N) is 2. The molecule has 0 spiro atoms. The third kappa shape index (κ3) is 7.92. The minimum atomic E-state index is 0.166. The smallest absolute Gasteiger partial charge is 0.222 e. The Balaban J connectivity index is 3.81. The van der Waals surface area contributed by atoms with Gasteiger partial charge in [0, 0.05) is 25.9 Å². The zero-order valence-electron chi connectivity index (χ0n) is 11.7. The van der Waals surface area contributed by atoms with Gasteiger partial charge in [0.15, 0.2) is 0 Å². The van der Waals surface area contributed by atoms with Crippen molar-refractivity contribution in [3.05, 3.63) is 0 Å². The fraction of sp³-hybridized carbons (Fsp3) is 0.846. The second-order valence-corrected chi connectivity index (χ2v) is 4.48. The number of hydrogen-bond donors (Lipinski definition) is 2. The van der Waals surface area contributed by atoms with E-state index >= 15 is 0 Å². The Labute approximate surface area is 110 Å².